The number of methoxy groups -OCH3 is 1. The molecule has 1 aliphatic heterocycles. The number of carbonyl (C=O) groups is 4. The number of imide groups is 1. The van der Waals surface area contributed by atoms with Crippen LogP contribution in [0.1, 0.15) is 68.8 Å². The molecule has 2 fully saturated rings. The van der Waals surface area contributed by atoms with Gasteiger partial charge in [0.1, 0.15) is 6.04 Å². The molecule has 170 valence electrons. The third-order valence-electron chi connectivity index (χ3n) is 5.91. The highest BCUT2D eigenvalue weighted by molar-refractivity contribution is 7.14. The number of esters is 1. The SMILES string of the molecule is CCC[C@H]1NCC(=O)N(C(CC2CCCCC2)C(=O)Nc2nc(C(=O)OC)cs2)C1=O. The second-order valence-corrected chi connectivity index (χ2v) is 8.96. The molecule has 1 saturated carbocycles. The number of aromatic nitrogens is 1. The van der Waals surface area contributed by atoms with Crippen molar-refractivity contribution >= 4 is 40.2 Å². The van der Waals surface area contributed by atoms with Crippen LogP contribution in [0.4, 0.5) is 5.13 Å². The predicted octanol–water partition coefficient (Wildman–Crippen LogP) is 2.33. The maximum Gasteiger partial charge on any atom is 0.357 e. The van der Waals surface area contributed by atoms with E-state index in [1.165, 1.54) is 18.9 Å². The first-order chi connectivity index (χ1) is 14.9. The third-order valence-corrected chi connectivity index (χ3v) is 6.66. The fraction of sp³-hybridized carbons (Fsp3) is 0.667. The molecule has 0 bridgehead atoms. The van der Waals surface area contributed by atoms with E-state index in [9.17, 15) is 19.2 Å². The minimum atomic E-state index is -0.893. The van der Waals surface area contributed by atoms with Crippen molar-refractivity contribution in [1.29, 1.82) is 0 Å². The number of anilines is 1. The van der Waals surface area contributed by atoms with E-state index in [0.29, 0.717) is 12.8 Å². The largest absolute Gasteiger partial charge is 0.464 e. The molecule has 0 spiro atoms. The molecule has 1 aromatic rings. The summed E-state index contributed by atoms with van der Waals surface area (Å²) < 4.78 is 4.65. The van der Waals surface area contributed by atoms with Crippen molar-refractivity contribution in [2.24, 2.45) is 5.92 Å². The number of ether oxygens (including phenoxy) is 1. The number of thiazole rings is 1. The lowest BCUT2D eigenvalue weighted by Crippen LogP contribution is -2.63. The molecule has 10 heteroatoms. The summed E-state index contributed by atoms with van der Waals surface area (Å²) in [5, 5.41) is 7.43. The molecule has 3 amide bonds. The number of piperazine rings is 1. The molecule has 1 aliphatic carbocycles. The van der Waals surface area contributed by atoms with Crippen LogP contribution >= 0.6 is 11.3 Å². The topological polar surface area (TPSA) is 118 Å². The van der Waals surface area contributed by atoms with Gasteiger partial charge < -0.3 is 10.1 Å². The predicted molar refractivity (Wildman–Crippen MR) is 116 cm³/mol. The number of hydrogen-bond donors (Lipinski definition) is 2. The molecular formula is C21H30N4O5S. The maximum absolute atomic E-state index is 13.3. The molecule has 31 heavy (non-hydrogen) atoms. The van der Waals surface area contributed by atoms with Crippen LogP contribution < -0.4 is 10.6 Å². The van der Waals surface area contributed by atoms with Crippen LogP contribution in [-0.2, 0) is 19.1 Å². The van der Waals surface area contributed by atoms with Crippen LogP contribution in [0, 0.1) is 5.92 Å². The average molecular weight is 451 g/mol. The summed E-state index contributed by atoms with van der Waals surface area (Å²) in [5.74, 6) is -1.49. The summed E-state index contributed by atoms with van der Waals surface area (Å²) in [7, 11) is 1.26. The van der Waals surface area contributed by atoms with Crippen molar-refractivity contribution in [2.75, 3.05) is 19.0 Å². The molecule has 0 radical (unpaired) electrons. The zero-order valence-corrected chi connectivity index (χ0v) is 18.8. The van der Waals surface area contributed by atoms with E-state index in [1.807, 2.05) is 6.92 Å². The van der Waals surface area contributed by atoms with Gasteiger partial charge in [-0.25, -0.2) is 9.78 Å². The lowest BCUT2D eigenvalue weighted by molar-refractivity contribution is -0.155. The summed E-state index contributed by atoms with van der Waals surface area (Å²) in [4.78, 5) is 56.0. The first kappa shape index (κ1) is 23.3. The van der Waals surface area contributed by atoms with Crippen LogP contribution in [0.3, 0.4) is 0 Å². The molecule has 2 N–H and O–H groups in total. The lowest BCUT2D eigenvalue weighted by atomic mass is 9.84. The lowest BCUT2D eigenvalue weighted by Gasteiger charge is -2.38. The van der Waals surface area contributed by atoms with E-state index in [0.717, 1.165) is 48.3 Å². The number of nitrogens with zero attached hydrogens (tertiary/aromatic N) is 2. The van der Waals surface area contributed by atoms with Crippen LogP contribution in [0.15, 0.2) is 5.38 Å². The van der Waals surface area contributed by atoms with E-state index >= 15 is 0 Å². The van der Waals surface area contributed by atoms with Crippen LogP contribution in [0.25, 0.3) is 0 Å². The standard InChI is InChI=1S/C21H30N4O5S/c1-3-7-14-19(28)25(17(26)11-22-14)16(10-13-8-5-4-6-9-13)18(27)24-21-23-15(12-31-21)20(29)30-2/h12-14,16,22H,3-11H2,1-2H3,(H,23,24,27)/t14-,16?/m1/s1. The summed E-state index contributed by atoms with van der Waals surface area (Å²) >= 11 is 1.10. The van der Waals surface area contributed by atoms with Gasteiger partial charge in [0.15, 0.2) is 10.8 Å². The zero-order chi connectivity index (χ0) is 22.4. The van der Waals surface area contributed by atoms with Gasteiger partial charge in [-0.2, -0.15) is 0 Å². The summed E-state index contributed by atoms with van der Waals surface area (Å²) in [5.41, 5.74) is 0.101. The van der Waals surface area contributed by atoms with Gasteiger partial charge in [-0.3, -0.25) is 24.6 Å². The van der Waals surface area contributed by atoms with Gasteiger partial charge in [0.05, 0.1) is 19.7 Å². The Bertz CT molecular complexity index is 820. The second-order valence-electron chi connectivity index (χ2n) is 8.10. The van der Waals surface area contributed by atoms with E-state index < -0.39 is 24.0 Å². The Balaban J connectivity index is 1.81. The fourth-order valence-corrected chi connectivity index (χ4v) is 4.98. The first-order valence-corrected chi connectivity index (χ1v) is 11.8. The highest BCUT2D eigenvalue weighted by Gasteiger charge is 2.42. The highest BCUT2D eigenvalue weighted by atomic mass is 32.1. The van der Waals surface area contributed by atoms with Gasteiger partial charge >= 0.3 is 5.97 Å². The van der Waals surface area contributed by atoms with Gasteiger partial charge in [-0.1, -0.05) is 45.4 Å². The Labute approximate surface area is 185 Å². The summed E-state index contributed by atoms with van der Waals surface area (Å²) in [6, 6.07) is -1.36. The molecule has 2 heterocycles. The second kappa shape index (κ2) is 10.8. The summed E-state index contributed by atoms with van der Waals surface area (Å²) in [6.07, 6.45) is 7.17. The Kier molecular flexibility index (Phi) is 8.14. The molecule has 3 rings (SSSR count). The molecule has 9 nitrogen and oxygen atoms in total. The Morgan fingerprint density at radius 2 is 2.06 bits per heavy atom. The van der Waals surface area contributed by atoms with Gasteiger partial charge in [0, 0.05) is 5.38 Å². The van der Waals surface area contributed by atoms with Crippen molar-refractivity contribution in [1.82, 2.24) is 15.2 Å². The third kappa shape index (κ3) is 5.68. The number of nitrogens with one attached hydrogen (secondary N) is 2. The quantitative estimate of drug-likeness (QED) is 0.461. The Morgan fingerprint density at radius 3 is 2.74 bits per heavy atom. The van der Waals surface area contributed by atoms with Crippen molar-refractivity contribution in [3.63, 3.8) is 0 Å². The first-order valence-electron chi connectivity index (χ1n) is 10.9. The number of hydrogen-bond acceptors (Lipinski definition) is 8. The van der Waals surface area contributed by atoms with E-state index in [-0.39, 0.29) is 35.1 Å². The average Bonchev–Trinajstić information content (AvgIpc) is 3.23. The molecule has 1 aromatic heterocycles. The van der Waals surface area contributed by atoms with Crippen molar-refractivity contribution < 1.29 is 23.9 Å². The van der Waals surface area contributed by atoms with Crippen LogP contribution in [0.2, 0.25) is 0 Å². The fourth-order valence-electron chi connectivity index (χ4n) is 4.30. The maximum atomic E-state index is 13.3. The van der Waals surface area contributed by atoms with Gasteiger partial charge in [0.25, 0.3) is 0 Å². The van der Waals surface area contributed by atoms with Gasteiger partial charge in [-0.05, 0) is 18.8 Å². The smallest absolute Gasteiger partial charge is 0.357 e. The van der Waals surface area contributed by atoms with E-state index in [4.69, 9.17) is 0 Å². The zero-order valence-electron chi connectivity index (χ0n) is 18.0. The van der Waals surface area contributed by atoms with Gasteiger partial charge in [0.2, 0.25) is 17.7 Å². The van der Waals surface area contributed by atoms with Crippen LogP contribution in [0.5, 0.6) is 0 Å². The number of carbonyl (C=O) groups excluding carboxylic acids is 4. The van der Waals surface area contributed by atoms with Gasteiger partial charge in [-0.15, -0.1) is 11.3 Å². The normalized spacial score (nSPS) is 21.1. The van der Waals surface area contributed by atoms with E-state index in [1.54, 1.807) is 0 Å². The van der Waals surface area contributed by atoms with Crippen LogP contribution in [-0.4, -0.2) is 59.3 Å². The summed E-state index contributed by atoms with van der Waals surface area (Å²) in [6.45, 7) is 2.01. The molecule has 1 saturated heterocycles. The monoisotopic (exact) mass is 450 g/mol. The number of rotatable bonds is 8. The molecule has 1 unspecified atom stereocenters. The van der Waals surface area contributed by atoms with E-state index in [2.05, 4.69) is 20.4 Å². The molecule has 2 aliphatic rings. The van der Waals surface area contributed by atoms with Crippen molar-refractivity contribution in [3.8, 4) is 0 Å². The molecule has 2 atom stereocenters. The number of amides is 3. The minimum Gasteiger partial charge on any atom is -0.464 e. The molecule has 0 aromatic carbocycles. The highest BCUT2D eigenvalue weighted by Crippen LogP contribution is 2.30. The minimum absolute atomic E-state index is 0.0363. The van der Waals surface area contributed by atoms with Crippen molar-refractivity contribution in [3.05, 3.63) is 11.1 Å². The van der Waals surface area contributed by atoms with Crippen molar-refractivity contribution in [2.45, 2.75) is 70.4 Å². The Hall–Kier alpha value is -2.33. The Morgan fingerprint density at radius 1 is 1.32 bits per heavy atom. The molecular weight excluding hydrogens is 420 g/mol.